The molecule has 8 nitrogen and oxygen atoms in total. The van der Waals surface area contributed by atoms with E-state index < -0.39 is 4.92 Å². The molecule has 4 aromatic rings. The van der Waals surface area contributed by atoms with Crippen LogP contribution in [0, 0.1) is 10.1 Å². The fourth-order valence-corrected chi connectivity index (χ4v) is 3.91. The van der Waals surface area contributed by atoms with Crippen LogP contribution in [0.1, 0.15) is 11.4 Å². The first kappa shape index (κ1) is 19.4. The summed E-state index contributed by atoms with van der Waals surface area (Å²) >= 11 is 0. The minimum atomic E-state index is -0.521. The molecular weight excluding hydrogens is 408 g/mol. The number of nitro benzene ring substituents is 1. The van der Waals surface area contributed by atoms with Crippen LogP contribution in [0.25, 0.3) is 28.2 Å². The second kappa shape index (κ2) is 7.28. The van der Waals surface area contributed by atoms with E-state index in [1.54, 1.807) is 43.5 Å². The Labute approximate surface area is 181 Å². The summed E-state index contributed by atoms with van der Waals surface area (Å²) in [6, 6.07) is 20.0. The first-order valence-electron chi connectivity index (χ1n) is 9.81. The molecule has 1 aliphatic heterocycles. The van der Waals surface area contributed by atoms with Crippen LogP contribution in [0.3, 0.4) is 0 Å². The number of carbonyl (C=O) groups is 1. The second-order valence-electron chi connectivity index (χ2n) is 7.34. The van der Waals surface area contributed by atoms with Crippen molar-refractivity contribution in [1.82, 2.24) is 9.55 Å². The van der Waals surface area contributed by atoms with Gasteiger partial charge < -0.3 is 4.90 Å². The largest absolute Gasteiger partial charge is 0.311 e. The van der Waals surface area contributed by atoms with Crippen molar-refractivity contribution in [2.24, 2.45) is 0 Å². The van der Waals surface area contributed by atoms with E-state index in [1.165, 1.54) is 27.7 Å². The zero-order chi connectivity index (χ0) is 22.4. The van der Waals surface area contributed by atoms with E-state index in [1.807, 2.05) is 24.3 Å². The van der Waals surface area contributed by atoms with Crippen LogP contribution in [0.4, 0.5) is 11.4 Å². The number of hydrogen-bond donors (Lipinski definition) is 0. The number of amides is 1. The van der Waals surface area contributed by atoms with Gasteiger partial charge in [0.2, 0.25) is 0 Å². The van der Waals surface area contributed by atoms with E-state index in [-0.39, 0.29) is 23.0 Å². The molecular formula is C24H16N4O4. The number of para-hydroxylation sites is 2. The number of anilines is 1. The molecule has 0 saturated carbocycles. The van der Waals surface area contributed by atoms with Gasteiger partial charge in [0.25, 0.3) is 17.2 Å². The summed E-state index contributed by atoms with van der Waals surface area (Å²) in [5.41, 5.74) is 2.11. The highest BCUT2D eigenvalue weighted by Crippen LogP contribution is 2.36. The summed E-state index contributed by atoms with van der Waals surface area (Å²) < 4.78 is 1.30. The number of likely N-dealkylation sites (N-methyl/N-ethyl adjacent to an activating group) is 1. The van der Waals surface area contributed by atoms with E-state index in [0.717, 1.165) is 11.3 Å². The quantitative estimate of drug-likeness (QED) is 0.283. The maximum absolute atomic E-state index is 13.4. The van der Waals surface area contributed by atoms with E-state index in [0.29, 0.717) is 22.2 Å². The average molecular weight is 424 g/mol. The molecule has 0 aliphatic carbocycles. The van der Waals surface area contributed by atoms with Gasteiger partial charge in [-0.05, 0) is 30.3 Å². The Balaban J connectivity index is 1.83. The van der Waals surface area contributed by atoms with Crippen molar-refractivity contribution in [3.63, 3.8) is 0 Å². The van der Waals surface area contributed by atoms with E-state index >= 15 is 0 Å². The average Bonchev–Trinajstić information content (AvgIpc) is 3.04. The number of carbonyl (C=O) groups excluding carboxylic acids is 1. The van der Waals surface area contributed by atoms with Gasteiger partial charge in [0.1, 0.15) is 5.82 Å². The molecule has 3 aromatic carbocycles. The molecule has 0 saturated heterocycles. The molecule has 1 aromatic heterocycles. The third kappa shape index (κ3) is 2.97. The molecule has 8 heteroatoms. The summed E-state index contributed by atoms with van der Waals surface area (Å²) in [5, 5.41) is 11.7. The van der Waals surface area contributed by atoms with Crippen molar-refractivity contribution in [1.29, 1.82) is 0 Å². The summed E-state index contributed by atoms with van der Waals surface area (Å²) in [4.78, 5) is 43.3. The van der Waals surface area contributed by atoms with Gasteiger partial charge in [-0.3, -0.25) is 24.3 Å². The zero-order valence-corrected chi connectivity index (χ0v) is 16.9. The van der Waals surface area contributed by atoms with Crippen molar-refractivity contribution in [3.05, 3.63) is 105 Å². The molecule has 1 amide bonds. The van der Waals surface area contributed by atoms with E-state index in [9.17, 15) is 19.7 Å². The highest BCUT2D eigenvalue weighted by Gasteiger charge is 2.30. The van der Waals surface area contributed by atoms with Gasteiger partial charge in [-0.25, -0.2) is 4.98 Å². The van der Waals surface area contributed by atoms with Crippen LogP contribution in [-0.2, 0) is 4.79 Å². The van der Waals surface area contributed by atoms with E-state index in [2.05, 4.69) is 4.98 Å². The van der Waals surface area contributed by atoms with Crippen molar-refractivity contribution in [3.8, 4) is 5.69 Å². The number of benzene rings is 3. The lowest BCUT2D eigenvalue weighted by atomic mass is 10.1. The molecule has 0 unspecified atom stereocenters. The van der Waals surface area contributed by atoms with Crippen molar-refractivity contribution < 1.29 is 9.72 Å². The molecule has 0 spiro atoms. The van der Waals surface area contributed by atoms with Crippen LogP contribution < -0.4 is 10.5 Å². The van der Waals surface area contributed by atoms with Gasteiger partial charge in [-0.2, -0.15) is 0 Å². The monoisotopic (exact) mass is 424 g/mol. The Morgan fingerprint density at radius 1 is 0.969 bits per heavy atom. The minimum absolute atomic E-state index is 0.150. The number of nitro groups is 1. The molecule has 0 bridgehead atoms. The summed E-state index contributed by atoms with van der Waals surface area (Å²) in [6.45, 7) is 0. The lowest BCUT2D eigenvalue weighted by Gasteiger charge is -2.12. The summed E-state index contributed by atoms with van der Waals surface area (Å²) in [5.74, 6) is -0.0122. The SMILES string of the molecule is CN1C(=O)/C(=C\c2nc3ccccc3c(=O)n2-c2cccc([N+](=O)[O-])c2)c2ccccc21. The Bertz CT molecular complexity index is 1520. The molecule has 0 radical (unpaired) electrons. The van der Waals surface area contributed by atoms with Gasteiger partial charge in [0, 0.05) is 24.7 Å². The molecule has 1 aliphatic rings. The lowest BCUT2D eigenvalue weighted by molar-refractivity contribution is -0.384. The van der Waals surface area contributed by atoms with Crippen molar-refractivity contribution in [2.45, 2.75) is 0 Å². The van der Waals surface area contributed by atoms with Crippen molar-refractivity contribution in [2.75, 3.05) is 11.9 Å². The lowest BCUT2D eigenvalue weighted by Crippen LogP contribution is -2.23. The summed E-state index contributed by atoms with van der Waals surface area (Å²) in [6.07, 6.45) is 1.57. The standard InChI is InChI=1S/C24H16N4O4/c1-26-21-12-5-3-9-17(21)19(23(26)29)14-22-25-20-11-4-2-10-18(20)24(30)27(22)15-7-6-8-16(13-15)28(31)32/h2-14H,1H3/b19-14-. The number of non-ortho nitro benzene ring substituents is 1. The van der Waals surface area contributed by atoms with Gasteiger partial charge in [0.05, 0.1) is 32.8 Å². The third-order valence-electron chi connectivity index (χ3n) is 5.46. The predicted octanol–water partition coefficient (Wildman–Crippen LogP) is 3.81. The Morgan fingerprint density at radius 3 is 2.53 bits per heavy atom. The van der Waals surface area contributed by atoms with Gasteiger partial charge in [0.15, 0.2) is 0 Å². The molecule has 156 valence electrons. The van der Waals surface area contributed by atoms with Crippen molar-refractivity contribution >= 4 is 39.8 Å². The number of rotatable bonds is 3. The Kier molecular flexibility index (Phi) is 4.41. The maximum atomic E-state index is 13.4. The molecule has 5 rings (SSSR count). The normalized spacial score (nSPS) is 14.2. The van der Waals surface area contributed by atoms with E-state index in [4.69, 9.17) is 0 Å². The van der Waals surface area contributed by atoms with Crippen LogP contribution >= 0.6 is 0 Å². The van der Waals surface area contributed by atoms with Crippen LogP contribution in [0.15, 0.2) is 77.6 Å². The van der Waals surface area contributed by atoms with Gasteiger partial charge >= 0.3 is 0 Å². The molecule has 2 heterocycles. The van der Waals surface area contributed by atoms with Crippen LogP contribution in [0.2, 0.25) is 0 Å². The number of fused-ring (bicyclic) bond motifs is 2. The topological polar surface area (TPSA) is 98.3 Å². The fourth-order valence-electron chi connectivity index (χ4n) is 3.91. The molecule has 0 fully saturated rings. The molecule has 32 heavy (non-hydrogen) atoms. The minimum Gasteiger partial charge on any atom is -0.311 e. The van der Waals surface area contributed by atoms with Gasteiger partial charge in [-0.15, -0.1) is 0 Å². The Morgan fingerprint density at radius 2 is 1.72 bits per heavy atom. The first-order valence-corrected chi connectivity index (χ1v) is 9.81. The Hall–Kier alpha value is -4.59. The third-order valence-corrected chi connectivity index (χ3v) is 5.46. The fraction of sp³-hybridized carbons (Fsp3) is 0.0417. The smallest absolute Gasteiger partial charge is 0.271 e. The van der Waals surface area contributed by atoms with Crippen LogP contribution in [-0.4, -0.2) is 27.4 Å². The zero-order valence-electron chi connectivity index (χ0n) is 16.9. The second-order valence-corrected chi connectivity index (χ2v) is 7.34. The number of aromatic nitrogens is 2. The van der Waals surface area contributed by atoms with Crippen LogP contribution in [0.5, 0.6) is 0 Å². The number of hydrogen-bond acceptors (Lipinski definition) is 5. The highest BCUT2D eigenvalue weighted by atomic mass is 16.6. The molecule has 0 N–H and O–H groups in total. The molecule has 0 atom stereocenters. The first-order chi connectivity index (χ1) is 15.5. The summed E-state index contributed by atoms with van der Waals surface area (Å²) in [7, 11) is 1.68. The highest BCUT2D eigenvalue weighted by molar-refractivity contribution is 6.35. The number of nitrogens with zero attached hydrogens (tertiary/aromatic N) is 4. The predicted molar refractivity (Wildman–Crippen MR) is 122 cm³/mol. The maximum Gasteiger partial charge on any atom is 0.271 e. The van der Waals surface area contributed by atoms with Gasteiger partial charge in [-0.1, -0.05) is 36.4 Å².